The summed E-state index contributed by atoms with van der Waals surface area (Å²) in [7, 11) is 1.54. The van der Waals surface area contributed by atoms with Crippen LogP contribution >= 0.6 is 24.0 Å². The third-order valence-electron chi connectivity index (χ3n) is 5.75. The predicted molar refractivity (Wildman–Crippen MR) is 130 cm³/mol. The van der Waals surface area contributed by atoms with E-state index >= 15 is 0 Å². The van der Waals surface area contributed by atoms with Crippen LogP contribution in [0.4, 0.5) is 5.82 Å². The largest absolute Gasteiger partial charge is 0.480 e. The predicted octanol–water partition coefficient (Wildman–Crippen LogP) is 1.63. The first-order valence-corrected chi connectivity index (χ1v) is 11.9. The van der Waals surface area contributed by atoms with Crippen LogP contribution in [0.2, 0.25) is 0 Å². The minimum Gasteiger partial charge on any atom is -0.480 e. The van der Waals surface area contributed by atoms with Gasteiger partial charge in [-0.05, 0) is 38.3 Å². The summed E-state index contributed by atoms with van der Waals surface area (Å²) >= 11 is 6.14. The number of esters is 1. The van der Waals surface area contributed by atoms with Crippen LogP contribution in [0.25, 0.3) is 6.08 Å². The summed E-state index contributed by atoms with van der Waals surface area (Å²) < 4.78 is 6.65. The number of amides is 1. The number of anilines is 1. The molecular weight excluding hydrogens is 480 g/mol. The Kier molecular flexibility index (Phi) is 7.78. The van der Waals surface area contributed by atoms with Crippen LogP contribution in [0, 0.1) is 24.2 Å². The zero-order valence-corrected chi connectivity index (χ0v) is 20.6. The highest BCUT2D eigenvalue weighted by molar-refractivity contribution is 8.26. The van der Waals surface area contributed by atoms with Crippen molar-refractivity contribution in [2.45, 2.75) is 26.7 Å². The van der Waals surface area contributed by atoms with Gasteiger partial charge in [-0.1, -0.05) is 24.0 Å². The summed E-state index contributed by atoms with van der Waals surface area (Å²) in [4.78, 5) is 52.3. The maximum absolute atomic E-state index is 12.9. The SMILES string of the molecule is CCOC(=O)C1CCCN(c2c(/C=C3/SC(=S)N(CC(=O)O)C3=O)c(C)c(C#N)c(=O)n2C)C1. The normalized spacial score (nSPS) is 19.5. The second kappa shape index (κ2) is 10.4. The van der Waals surface area contributed by atoms with E-state index in [0.717, 1.165) is 16.7 Å². The Morgan fingerprint density at radius 3 is 2.71 bits per heavy atom. The van der Waals surface area contributed by atoms with Gasteiger partial charge in [-0.3, -0.25) is 28.6 Å². The zero-order chi connectivity index (χ0) is 25.2. The highest BCUT2D eigenvalue weighted by Crippen LogP contribution is 2.36. The number of ether oxygens (including phenoxy) is 1. The van der Waals surface area contributed by atoms with E-state index in [1.165, 1.54) is 4.57 Å². The van der Waals surface area contributed by atoms with Crippen LogP contribution in [0.3, 0.4) is 0 Å². The number of carboxylic acids is 1. The van der Waals surface area contributed by atoms with Gasteiger partial charge in [-0.25, -0.2) is 0 Å². The molecule has 180 valence electrons. The Bertz CT molecular complexity index is 1200. The smallest absolute Gasteiger partial charge is 0.323 e. The van der Waals surface area contributed by atoms with Crippen LogP contribution < -0.4 is 10.5 Å². The van der Waals surface area contributed by atoms with Gasteiger partial charge in [0.15, 0.2) is 0 Å². The lowest BCUT2D eigenvalue weighted by molar-refractivity contribution is -0.148. The molecule has 0 spiro atoms. The van der Waals surface area contributed by atoms with E-state index < -0.39 is 24.0 Å². The van der Waals surface area contributed by atoms with Gasteiger partial charge in [-0.2, -0.15) is 5.26 Å². The van der Waals surface area contributed by atoms with E-state index in [-0.39, 0.29) is 33.3 Å². The molecule has 2 fully saturated rings. The lowest BCUT2D eigenvalue weighted by Crippen LogP contribution is -2.42. The monoisotopic (exact) mass is 504 g/mol. The number of rotatable bonds is 6. The van der Waals surface area contributed by atoms with Crippen LogP contribution in [0.15, 0.2) is 9.70 Å². The number of nitriles is 1. The molecule has 34 heavy (non-hydrogen) atoms. The Labute approximate surface area is 205 Å². The molecule has 1 N–H and O–H groups in total. The zero-order valence-electron chi connectivity index (χ0n) is 19.0. The van der Waals surface area contributed by atoms with Crippen molar-refractivity contribution in [1.29, 1.82) is 5.26 Å². The Morgan fingerprint density at radius 1 is 1.38 bits per heavy atom. The highest BCUT2D eigenvalue weighted by Gasteiger charge is 2.35. The maximum atomic E-state index is 12.9. The van der Waals surface area contributed by atoms with Crippen LogP contribution in [0.5, 0.6) is 0 Å². The summed E-state index contributed by atoms with van der Waals surface area (Å²) in [6.45, 7) is 3.96. The molecule has 12 heteroatoms. The number of nitrogens with zero attached hydrogens (tertiary/aromatic N) is 4. The summed E-state index contributed by atoms with van der Waals surface area (Å²) in [5.41, 5.74) is 0.322. The van der Waals surface area contributed by atoms with Crippen molar-refractivity contribution in [3.8, 4) is 6.07 Å². The minimum atomic E-state index is -1.19. The molecule has 0 bridgehead atoms. The van der Waals surface area contributed by atoms with E-state index in [0.29, 0.717) is 42.9 Å². The minimum absolute atomic E-state index is 0.0579. The van der Waals surface area contributed by atoms with Crippen molar-refractivity contribution in [3.05, 3.63) is 31.9 Å². The van der Waals surface area contributed by atoms with Gasteiger partial charge >= 0.3 is 11.9 Å². The lowest BCUT2D eigenvalue weighted by atomic mass is 9.96. The molecule has 1 aromatic rings. The molecule has 10 nitrogen and oxygen atoms in total. The molecule has 1 amide bonds. The first-order valence-electron chi connectivity index (χ1n) is 10.6. The van der Waals surface area contributed by atoms with Gasteiger partial charge in [0.05, 0.1) is 17.4 Å². The standard InChI is InChI=1S/C22H24N4O6S2/c1-4-32-21(31)13-6-5-7-25(10-13)18-14(12(2)15(9-23)19(29)24(18)3)8-16-20(30)26(11-17(27)28)22(33)34-16/h8,13H,4-7,10-11H2,1-3H3,(H,27,28)/b16-8+. The summed E-state index contributed by atoms with van der Waals surface area (Å²) in [5.74, 6) is -1.96. The number of hydrogen-bond donors (Lipinski definition) is 1. The van der Waals surface area contributed by atoms with E-state index in [1.54, 1.807) is 27.0 Å². The molecule has 0 saturated carbocycles. The summed E-state index contributed by atoms with van der Waals surface area (Å²) in [6, 6.07) is 1.94. The highest BCUT2D eigenvalue weighted by atomic mass is 32.2. The van der Waals surface area contributed by atoms with Crippen molar-refractivity contribution in [2.75, 3.05) is 31.1 Å². The molecule has 2 saturated heterocycles. The van der Waals surface area contributed by atoms with Gasteiger partial charge in [0, 0.05) is 25.7 Å². The second-order valence-corrected chi connectivity index (χ2v) is 9.59. The fraction of sp³-hybridized carbons (Fsp3) is 0.455. The van der Waals surface area contributed by atoms with Crippen molar-refractivity contribution in [3.63, 3.8) is 0 Å². The number of hydrogen-bond acceptors (Lipinski definition) is 9. The van der Waals surface area contributed by atoms with Crippen molar-refractivity contribution in [1.82, 2.24) is 9.47 Å². The number of carbonyl (C=O) groups is 3. The van der Waals surface area contributed by atoms with Crippen LogP contribution in [-0.2, 0) is 26.2 Å². The van der Waals surface area contributed by atoms with E-state index in [2.05, 4.69) is 0 Å². The molecule has 1 atom stereocenters. The molecule has 1 unspecified atom stereocenters. The summed E-state index contributed by atoms with van der Waals surface area (Å²) in [6.07, 6.45) is 2.89. The fourth-order valence-corrected chi connectivity index (χ4v) is 5.36. The van der Waals surface area contributed by atoms with Gasteiger partial charge < -0.3 is 14.7 Å². The fourth-order valence-electron chi connectivity index (χ4n) is 4.12. The molecule has 3 rings (SSSR count). The first kappa shape index (κ1) is 25.5. The van der Waals surface area contributed by atoms with Crippen molar-refractivity contribution >= 4 is 58.0 Å². The van der Waals surface area contributed by atoms with Gasteiger partial charge in [-0.15, -0.1) is 0 Å². The van der Waals surface area contributed by atoms with E-state index in [9.17, 15) is 24.4 Å². The summed E-state index contributed by atoms with van der Waals surface area (Å²) in [5, 5.41) is 18.7. The third kappa shape index (κ3) is 4.85. The quantitative estimate of drug-likeness (QED) is 0.346. The number of thioether (sulfide) groups is 1. The number of pyridine rings is 1. The molecule has 3 heterocycles. The molecule has 0 aliphatic carbocycles. The number of thiocarbonyl (C=S) groups is 1. The number of carboxylic acid groups (broad SMARTS) is 1. The Hall–Kier alpha value is -3.17. The number of aliphatic carboxylic acids is 1. The molecular formula is C22H24N4O6S2. The third-order valence-corrected chi connectivity index (χ3v) is 7.13. The van der Waals surface area contributed by atoms with Crippen LogP contribution in [0.1, 0.15) is 36.5 Å². The van der Waals surface area contributed by atoms with Gasteiger partial charge in [0.2, 0.25) is 0 Å². The number of piperidine rings is 1. The number of aromatic nitrogens is 1. The average Bonchev–Trinajstić information content (AvgIpc) is 3.05. The van der Waals surface area contributed by atoms with Crippen LogP contribution in [-0.4, -0.2) is 63.0 Å². The first-order chi connectivity index (χ1) is 16.1. The van der Waals surface area contributed by atoms with Crippen molar-refractivity contribution < 1.29 is 24.2 Å². The Balaban J connectivity index is 2.13. The molecule has 2 aliphatic rings. The molecule has 0 radical (unpaired) electrons. The average molecular weight is 505 g/mol. The van der Waals surface area contributed by atoms with E-state index in [4.69, 9.17) is 22.1 Å². The Morgan fingerprint density at radius 2 is 2.09 bits per heavy atom. The molecule has 1 aromatic heterocycles. The molecule has 2 aliphatic heterocycles. The second-order valence-electron chi connectivity index (χ2n) is 7.91. The topological polar surface area (TPSA) is 133 Å². The number of carbonyl (C=O) groups excluding carboxylic acids is 2. The van der Waals surface area contributed by atoms with Crippen molar-refractivity contribution in [2.24, 2.45) is 13.0 Å². The maximum Gasteiger partial charge on any atom is 0.323 e. The molecule has 0 aromatic carbocycles. The van der Waals surface area contributed by atoms with Gasteiger partial charge in [0.1, 0.15) is 28.3 Å². The van der Waals surface area contributed by atoms with Gasteiger partial charge in [0.25, 0.3) is 11.5 Å². The van der Waals surface area contributed by atoms with E-state index in [1.807, 2.05) is 11.0 Å². The lowest BCUT2D eigenvalue weighted by Gasteiger charge is -2.35.